The molecule has 5 aliphatic carbocycles. The van der Waals surface area contributed by atoms with Gasteiger partial charge in [-0.3, -0.25) is 4.79 Å². The molecule has 206 valence electrons. The standard InChI is InChI=1S/C28H30F3N5O3/c29-27-14-26(15-27,16-27)25(37)36(10-3-1-2-7-21-32-22(34-38-21)17-8-9-17)20-6-4-5-18(11-20)23-33-24(39-35-23)19-12-28(30,31)13-19/h4-6,11,17,19H,1-3,7-10,12-16H2. The van der Waals surface area contributed by atoms with Gasteiger partial charge in [0.15, 0.2) is 5.82 Å². The lowest BCUT2D eigenvalue weighted by atomic mass is 9.42. The van der Waals surface area contributed by atoms with E-state index in [0.29, 0.717) is 41.8 Å². The number of hydrogen-bond acceptors (Lipinski definition) is 7. The van der Waals surface area contributed by atoms with Crippen molar-refractivity contribution >= 4 is 11.6 Å². The van der Waals surface area contributed by atoms with E-state index in [1.807, 2.05) is 18.2 Å². The lowest BCUT2D eigenvalue weighted by molar-refractivity contribution is -0.211. The first-order chi connectivity index (χ1) is 18.7. The third kappa shape index (κ3) is 4.63. The lowest BCUT2D eigenvalue weighted by Crippen LogP contribution is -2.70. The molecule has 1 aromatic carbocycles. The Kier molecular flexibility index (Phi) is 5.65. The van der Waals surface area contributed by atoms with Crippen LogP contribution in [0.2, 0.25) is 0 Å². The van der Waals surface area contributed by atoms with Gasteiger partial charge in [0, 0.05) is 48.9 Å². The van der Waals surface area contributed by atoms with Crippen LogP contribution < -0.4 is 4.90 Å². The van der Waals surface area contributed by atoms with Crippen molar-refractivity contribution in [1.82, 2.24) is 20.3 Å². The Balaban J connectivity index is 1.02. The maximum absolute atomic E-state index is 14.3. The largest absolute Gasteiger partial charge is 0.339 e. The zero-order valence-corrected chi connectivity index (χ0v) is 21.5. The monoisotopic (exact) mass is 541 g/mol. The summed E-state index contributed by atoms with van der Waals surface area (Å²) in [6.45, 7) is 0.495. The average molecular weight is 542 g/mol. The highest BCUT2D eigenvalue weighted by Crippen LogP contribution is 2.70. The van der Waals surface area contributed by atoms with E-state index in [2.05, 4.69) is 20.3 Å². The van der Waals surface area contributed by atoms with E-state index in [1.54, 1.807) is 11.0 Å². The summed E-state index contributed by atoms with van der Waals surface area (Å²) in [4.78, 5) is 24.2. The molecule has 0 aliphatic heterocycles. The van der Waals surface area contributed by atoms with Crippen molar-refractivity contribution in [2.45, 2.75) is 94.1 Å². The summed E-state index contributed by atoms with van der Waals surface area (Å²) >= 11 is 0. The molecule has 0 saturated heterocycles. The van der Waals surface area contributed by atoms with Crippen LogP contribution in [-0.4, -0.2) is 44.3 Å². The van der Waals surface area contributed by atoms with E-state index in [4.69, 9.17) is 9.05 Å². The normalized spacial score (nSPS) is 26.9. The maximum Gasteiger partial charge on any atom is 0.249 e. The van der Waals surface area contributed by atoms with E-state index in [-0.39, 0.29) is 43.9 Å². The second-order valence-corrected chi connectivity index (χ2v) is 12.0. The molecule has 39 heavy (non-hydrogen) atoms. The molecule has 3 aromatic rings. The van der Waals surface area contributed by atoms with Gasteiger partial charge < -0.3 is 13.9 Å². The van der Waals surface area contributed by atoms with Gasteiger partial charge in [0.2, 0.25) is 29.4 Å². The lowest BCUT2D eigenvalue weighted by Gasteiger charge is -2.65. The first-order valence-corrected chi connectivity index (χ1v) is 13.9. The van der Waals surface area contributed by atoms with Crippen LogP contribution in [0.5, 0.6) is 0 Å². The summed E-state index contributed by atoms with van der Waals surface area (Å²) < 4.78 is 51.5. The second kappa shape index (κ2) is 8.89. The van der Waals surface area contributed by atoms with Crippen molar-refractivity contribution < 1.29 is 27.0 Å². The summed E-state index contributed by atoms with van der Waals surface area (Å²) in [6, 6.07) is 7.28. The van der Waals surface area contributed by atoms with Crippen LogP contribution in [0.25, 0.3) is 11.4 Å². The van der Waals surface area contributed by atoms with Crippen LogP contribution in [0.15, 0.2) is 33.3 Å². The van der Waals surface area contributed by atoms with Gasteiger partial charge in [-0.2, -0.15) is 9.97 Å². The Labute approximate surface area is 223 Å². The first kappa shape index (κ1) is 24.8. The summed E-state index contributed by atoms with van der Waals surface area (Å²) in [7, 11) is 0. The molecule has 2 heterocycles. The number of unbranched alkanes of at least 4 members (excludes halogenated alkanes) is 2. The third-order valence-corrected chi connectivity index (χ3v) is 8.66. The van der Waals surface area contributed by atoms with Crippen LogP contribution in [0.1, 0.15) is 93.6 Å². The molecular formula is C28H30F3N5O3. The van der Waals surface area contributed by atoms with Crippen molar-refractivity contribution in [1.29, 1.82) is 0 Å². The van der Waals surface area contributed by atoms with E-state index < -0.39 is 22.9 Å². The van der Waals surface area contributed by atoms with Gasteiger partial charge in [-0.05, 0) is 57.1 Å². The van der Waals surface area contributed by atoms with Crippen molar-refractivity contribution in [3.8, 4) is 11.4 Å². The molecule has 5 saturated carbocycles. The number of amides is 1. The fraction of sp³-hybridized carbons (Fsp3) is 0.607. The number of nitrogens with zero attached hydrogens (tertiary/aromatic N) is 5. The number of anilines is 1. The van der Waals surface area contributed by atoms with Crippen LogP contribution >= 0.6 is 0 Å². The number of hydrogen-bond donors (Lipinski definition) is 0. The molecule has 0 N–H and O–H groups in total. The fourth-order valence-electron chi connectivity index (χ4n) is 6.29. The molecule has 5 aliphatic rings. The van der Waals surface area contributed by atoms with Crippen LogP contribution in [0.3, 0.4) is 0 Å². The van der Waals surface area contributed by atoms with E-state index >= 15 is 0 Å². The Morgan fingerprint density at radius 2 is 1.77 bits per heavy atom. The zero-order valence-electron chi connectivity index (χ0n) is 21.5. The Bertz CT molecular complexity index is 1370. The Hall–Kier alpha value is -3.24. The zero-order chi connectivity index (χ0) is 26.8. The molecule has 0 unspecified atom stereocenters. The molecule has 0 radical (unpaired) electrons. The van der Waals surface area contributed by atoms with Crippen LogP contribution in [0.4, 0.5) is 18.9 Å². The summed E-state index contributed by atoms with van der Waals surface area (Å²) in [5.41, 5.74) is -0.467. The molecule has 0 atom stereocenters. The molecule has 8 nitrogen and oxygen atoms in total. The Morgan fingerprint density at radius 3 is 2.49 bits per heavy atom. The van der Waals surface area contributed by atoms with Gasteiger partial charge in [0.05, 0.1) is 5.41 Å². The van der Waals surface area contributed by atoms with Crippen molar-refractivity contribution in [3.05, 3.63) is 41.9 Å². The number of aromatic nitrogens is 4. The molecule has 2 bridgehead atoms. The van der Waals surface area contributed by atoms with Gasteiger partial charge in [-0.25, -0.2) is 13.2 Å². The van der Waals surface area contributed by atoms with E-state index in [0.717, 1.165) is 37.9 Å². The number of carbonyl (C=O) groups excluding carboxylic acids is 1. The molecule has 5 fully saturated rings. The number of halogens is 3. The maximum atomic E-state index is 14.3. The Morgan fingerprint density at radius 1 is 0.974 bits per heavy atom. The van der Waals surface area contributed by atoms with E-state index in [1.165, 1.54) is 0 Å². The van der Waals surface area contributed by atoms with Crippen molar-refractivity contribution in [2.24, 2.45) is 5.41 Å². The highest BCUT2D eigenvalue weighted by Gasteiger charge is 2.73. The number of carbonyl (C=O) groups is 1. The van der Waals surface area contributed by atoms with Gasteiger partial charge in [0.25, 0.3) is 0 Å². The number of aryl methyl sites for hydroxylation is 1. The molecule has 2 aromatic heterocycles. The SMILES string of the molecule is O=C(N(CCCCCc1nc(C2CC2)no1)c1cccc(-c2noc(C3CC(F)(F)C3)n2)c1)C12CC(F)(C1)C2. The first-order valence-electron chi connectivity index (χ1n) is 13.9. The minimum absolute atomic E-state index is 0.0457. The highest BCUT2D eigenvalue weighted by atomic mass is 19.3. The second-order valence-electron chi connectivity index (χ2n) is 12.0. The van der Waals surface area contributed by atoms with E-state index in [9.17, 15) is 18.0 Å². The van der Waals surface area contributed by atoms with Crippen molar-refractivity contribution in [3.63, 3.8) is 0 Å². The predicted molar refractivity (Wildman–Crippen MR) is 133 cm³/mol. The quantitative estimate of drug-likeness (QED) is 0.269. The van der Waals surface area contributed by atoms with Crippen LogP contribution in [0, 0.1) is 5.41 Å². The summed E-state index contributed by atoms with van der Waals surface area (Å²) in [5.74, 6) is -0.724. The van der Waals surface area contributed by atoms with Gasteiger partial charge >= 0.3 is 0 Å². The van der Waals surface area contributed by atoms with Gasteiger partial charge in [-0.15, -0.1) is 0 Å². The van der Waals surface area contributed by atoms with Crippen molar-refractivity contribution in [2.75, 3.05) is 11.4 Å². The number of rotatable bonds is 11. The van der Waals surface area contributed by atoms with Gasteiger partial charge in [0.1, 0.15) is 5.67 Å². The minimum atomic E-state index is -2.68. The minimum Gasteiger partial charge on any atom is -0.339 e. The highest BCUT2D eigenvalue weighted by molar-refractivity contribution is 6.00. The number of alkyl halides is 3. The summed E-state index contributed by atoms with van der Waals surface area (Å²) in [6.07, 6.45) is 5.73. The molecular weight excluding hydrogens is 511 g/mol. The van der Waals surface area contributed by atoms with Gasteiger partial charge in [-0.1, -0.05) is 28.9 Å². The molecule has 11 heteroatoms. The summed E-state index contributed by atoms with van der Waals surface area (Å²) in [5, 5.41) is 8.06. The third-order valence-electron chi connectivity index (χ3n) is 8.66. The average Bonchev–Trinajstić information content (AvgIpc) is 3.40. The smallest absolute Gasteiger partial charge is 0.249 e. The molecule has 1 amide bonds. The topological polar surface area (TPSA) is 98.2 Å². The fourth-order valence-corrected chi connectivity index (χ4v) is 6.29. The molecule has 0 spiro atoms. The number of benzene rings is 1. The molecule has 8 rings (SSSR count). The predicted octanol–water partition coefficient (Wildman–Crippen LogP) is 6.15. The van der Waals surface area contributed by atoms with Crippen LogP contribution in [-0.2, 0) is 11.2 Å².